The standard InChI is InChI=1S/C22H17N5O5S/c1-13-9-16(14(2)25(13)17-3-5-18(6-4-17)26(29)30)12-23-24-22(28)21-11-15-10-19(27(31)32)7-8-20(15)33-21/h3-12H,1-2H3,(H,24,28)/b23-12+. The molecule has 2 aromatic heterocycles. The van der Waals surface area contributed by atoms with E-state index in [2.05, 4.69) is 10.5 Å². The second kappa shape index (κ2) is 8.63. The van der Waals surface area contributed by atoms with Crippen LogP contribution in [0.15, 0.2) is 59.7 Å². The molecular formula is C22H17N5O5S. The van der Waals surface area contributed by atoms with Gasteiger partial charge in [0.05, 0.1) is 20.9 Å². The van der Waals surface area contributed by atoms with Gasteiger partial charge in [0, 0.05) is 57.0 Å². The van der Waals surface area contributed by atoms with E-state index in [9.17, 15) is 25.0 Å². The van der Waals surface area contributed by atoms with Crippen molar-refractivity contribution >= 4 is 44.9 Å². The third kappa shape index (κ3) is 4.34. The van der Waals surface area contributed by atoms with Gasteiger partial charge in [0.2, 0.25) is 0 Å². The van der Waals surface area contributed by atoms with Crippen LogP contribution in [0.2, 0.25) is 0 Å². The summed E-state index contributed by atoms with van der Waals surface area (Å²) in [5.74, 6) is -0.417. The predicted molar refractivity (Wildman–Crippen MR) is 125 cm³/mol. The summed E-state index contributed by atoms with van der Waals surface area (Å²) in [5, 5.41) is 26.5. The van der Waals surface area contributed by atoms with Crippen LogP contribution in [0.3, 0.4) is 0 Å². The van der Waals surface area contributed by atoms with Crippen LogP contribution >= 0.6 is 11.3 Å². The summed E-state index contributed by atoms with van der Waals surface area (Å²) < 4.78 is 2.70. The second-order valence-electron chi connectivity index (χ2n) is 7.22. The van der Waals surface area contributed by atoms with Gasteiger partial charge in [-0.05, 0) is 44.2 Å². The Labute approximate surface area is 191 Å². The number of non-ortho nitro benzene ring substituents is 2. The molecule has 0 atom stereocenters. The minimum atomic E-state index is -0.478. The number of hydrogen-bond acceptors (Lipinski definition) is 7. The number of nitrogens with one attached hydrogen (secondary N) is 1. The zero-order valence-corrected chi connectivity index (χ0v) is 18.3. The molecule has 0 saturated heterocycles. The smallest absolute Gasteiger partial charge is 0.281 e. The molecule has 11 heteroatoms. The fourth-order valence-electron chi connectivity index (χ4n) is 3.51. The van der Waals surface area contributed by atoms with Gasteiger partial charge < -0.3 is 4.57 Å². The van der Waals surface area contributed by atoms with Gasteiger partial charge in [-0.3, -0.25) is 25.0 Å². The number of benzene rings is 2. The topological polar surface area (TPSA) is 133 Å². The number of amides is 1. The van der Waals surface area contributed by atoms with Crippen molar-refractivity contribution in [3.05, 3.63) is 96.7 Å². The van der Waals surface area contributed by atoms with Crippen LogP contribution in [0.25, 0.3) is 15.8 Å². The summed E-state index contributed by atoms with van der Waals surface area (Å²) in [6.07, 6.45) is 1.53. The van der Waals surface area contributed by atoms with E-state index in [1.807, 2.05) is 24.5 Å². The van der Waals surface area contributed by atoms with Crippen molar-refractivity contribution in [1.82, 2.24) is 9.99 Å². The maximum Gasteiger partial charge on any atom is 0.281 e. The van der Waals surface area contributed by atoms with E-state index >= 15 is 0 Å². The SMILES string of the molecule is Cc1cc(/C=N/NC(=O)c2cc3cc([N+](=O)[O-])ccc3s2)c(C)n1-c1ccc([N+](=O)[O-])cc1. The molecule has 1 amide bonds. The maximum atomic E-state index is 12.5. The van der Waals surface area contributed by atoms with Crippen LogP contribution in [0.4, 0.5) is 11.4 Å². The van der Waals surface area contributed by atoms with Crippen molar-refractivity contribution in [2.24, 2.45) is 5.10 Å². The van der Waals surface area contributed by atoms with E-state index < -0.39 is 15.8 Å². The lowest BCUT2D eigenvalue weighted by Gasteiger charge is -2.09. The number of carbonyl (C=O) groups is 1. The number of aromatic nitrogens is 1. The fourth-order valence-corrected chi connectivity index (χ4v) is 4.44. The van der Waals surface area contributed by atoms with Gasteiger partial charge in [-0.25, -0.2) is 5.43 Å². The van der Waals surface area contributed by atoms with Gasteiger partial charge >= 0.3 is 0 Å². The second-order valence-corrected chi connectivity index (χ2v) is 8.31. The summed E-state index contributed by atoms with van der Waals surface area (Å²) in [6, 6.07) is 14.2. The molecule has 2 heterocycles. The van der Waals surface area contributed by atoms with Crippen molar-refractivity contribution in [3.63, 3.8) is 0 Å². The summed E-state index contributed by atoms with van der Waals surface area (Å²) in [7, 11) is 0. The summed E-state index contributed by atoms with van der Waals surface area (Å²) in [4.78, 5) is 33.7. The first-order valence-corrected chi connectivity index (χ1v) is 10.5. The number of aryl methyl sites for hydroxylation is 1. The third-order valence-electron chi connectivity index (χ3n) is 5.09. The molecule has 10 nitrogen and oxygen atoms in total. The zero-order valence-electron chi connectivity index (χ0n) is 17.5. The Bertz CT molecular complexity index is 1440. The Balaban J connectivity index is 1.51. The highest BCUT2D eigenvalue weighted by Crippen LogP contribution is 2.29. The van der Waals surface area contributed by atoms with Gasteiger partial charge in [-0.1, -0.05) is 0 Å². The lowest BCUT2D eigenvalue weighted by Crippen LogP contribution is -2.16. The molecule has 0 radical (unpaired) electrons. The molecule has 0 bridgehead atoms. The molecule has 4 rings (SSSR count). The van der Waals surface area contributed by atoms with E-state index in [0.717, 1.165) is 27.3 Å². The van der Waals surface area contributed by atoms with Crippen molar-refractivity contribution in [3.8, 4) is 5.69 Å². The normalized spacial score (nSPS) is 11.2. The Kier molecular flexibility index (Phi) is 5.71. The van der Waals surface area contributed by atoms with Crippen LogP contribution in [0.5, 0.6) is 0 Å². The summed E-state index contributed by atoms with van der Waals surface area (Å²) in [5.41, 5.74) is 5.78. The Morgan fingerprint density at radius 2 is 1.67 bits per heavy atom. The number of hydrazone groups is 1. The third-order valence-corrected chi connectivity index (χ3v) is 6.21. The number of hydrogen-bond donors (Lipinski definition) is 1. The van der Waals surface area contributed by atoms with Crippen molar-refractivity contribution in [2.75, 3.05) is 0 Å². The van der Waals surface area contributed by atoms with Gasteiger partial charge in [-0.2, -0.15) is 5.10 Å². The van der Waals surface area contributed by atoms with E-state index in [4.69, 9.17) is 0 Å². The molecule has 0 aliphatic carbocycles. The Morgan fingerprint density at radius 3 is 2.33 bits per heavy atom. The van der Waals surface area contributed by atoms with Gasteiger partial charge in [0.1, 0.15) is 0 Å². The van der Waals surface area contributed by atoms with E-state index in [1.54, 1.807) is 24.3 Å². The molecule has 1 N–H and O–H groups in total. The van der Waals surface area contributed by atoms with Gasteiger partial charge in [0.25, 0.3) is 17.3 Å². The molecule has 0 saturated carbocycles. The summed E-state index contributed by atoms with van der Waals surface area (Å²) in [6.45, 7) is 3.79. The Morgan fingerprint density at radius 1 is 1.00 bits per heavy atom. The highest BCUT2D eigenvalue weighted by atomic mass is 32.1. The number of thiophene rings is 1. The molecular weight excluding hydrogens is 446 g/mol. The van der Waals surface area contributed by atoms with E-state index in [-0.39, 0.29) is 11.4 Å². The summed E-state index contributed by atoms with van der Waals surface area (Å²) >= 11 is 1.22. The average molecular weight is 463 g/mol. The first-order chi connectivity index (χ1) is 15.7. The van der Waals surface area contributed by atoms with E-state index in [0.29, 0.717) is 10.3 Å². The number of rotatable bonds is 6. The molecule has 0 aliphatic heterocycles. The quantitative estimate of drug-likeness (QED) is 0.247. The average Bonchev–Trinajstić information content (AvgIpc) is 3.33. The molecule has 0 fully saturated rings. The maximum absolute atomic E-state index is 12.5. The number of nitro benzene ring substituents is 2. The number of nitro groups is 2. The first-order valence-electron chi connectivity index (χ1n) is 9.70. The molecule has 4 aromatic rings. The molecule has 33 heavy (non-hydrogen) atoms. The van der Waals surface area contributed by atoms with Crippen LogP contribution in [-0.2, 0) is 0 Å². The van der Waals surface area contributed by atoms with Crippen molar-refractivity contribution < 1.29 is 14.6 Å². The number of nitrogens with zero attached hydrogens (tertiary/aromatic N) is 4. The minimum absolute atomic E-state index is 0.0153. The van der Waals surface area contributed by atoms with Crippen LogP contribution in [0, 0.1) is 34.1 Å². The largest absolute Gasteiger partial charge is 0.318 e. The van der Waals surface area contributed by atoms with Crippen LogP contribution in [-0.4, -0.2) is 26.5 Å². The Hall–Kier alpha value is -4.38. The van der Waals surface area contributed by atoms with Gasteiger partial charge in [0.15, 0.2) is 0 Å². The number of carbonyl (C=O) groups excluding carboxylic acids is 1. The van der Waals surface area contributed by atoms with Crippen LogP contribution in [0.1, 0.15) is 26.6 Å². The molecule has 0 unspecified atom stereocenters. The predicted octanol–water partition coefficient (Wildman–Crippen LogP) is 4.89. The first kappa shape index (κ1) is 21.8. The van der Waals surface area contributed by atoms with Crippen molar-refractivity contribution in [1.29, 1.82) is 0 Å². The lowest BCUT2D eigenvalue weighted by atomic mass is 10.2. The lowest BCUT2D eigenvalue weighted by molar-refractivity contribution is -0.385. The number of fused-ring (bicyclic) bond motifs is 1. The molecule has 0 spiro atoms. The monoisotopic (exact) mass is 463 g/mol. The van der Waals surface area contributed by atoms with E-state index in [1.165, 1.54) is 41.8 Å². The highest BCUT2D eigenvalue weighted by Gasteiger charge is 2.14. The zero-order chi connectivity index (χ0) is 23.7. The van der Waals surface area contributed by atoms with Gasteiger partial charge in [-0.15, -0.1) is 11.3 Å². The molecule has 0 aliphatic rings. The highest BCUT2D eigenvalue weighted by molar-refractivity contribution is 7.20. The van der Waals surface area contributed by atoms with Crippen LogP contribution < -0.4 is 5.43 Å². The van der Waals surface area contributed by atoms with Crippen molar-refractivity contribution in [2.45, 2.75) is 13.8 Å². The molecule has 2 aromatic carbocycles. The fraction of sp³-hybridized carbons (Fsp3) is 0.0909. The minimum Gasteiger partial charge on any atom is -0.318 e. The molecule has 166 valence electrons.